The van der Waals surface area contributed by atoms with Gasteiger partial charge in [0.05, 0.1) is 6.07 Å². The summed E-state index contributed by atoms with van der Waals surface area (Å²) >= 11 is 3.22. The number of nitrogens with one attached hydrogen (secondary N) is 1. The molecule has 4 nitrogen and oxygen atoms in total. The van der Waals surface area contributed by atoms with Crippen molar-refractivity contribution in [2.45, 2.75) is 56.3 Å². The number of thioether (sulfide) groups is 1. The van der Waals surface area contributed by atoms with E-state index >= 15 is 0 Å². The van der Waals surface area contributed by atoms with Gasteiger partial charge in [0, 0.05) is 12.2 Å². The minimum atomic E-state index is -0.356. The Balaban J connectivity index is 2.34. The lowest BCUT2D eigenvalue weighted by Crippen LogP contribution is -2.43. The Morgan fingerprint density at radius 1 is 1.42 bits per heavy atom. The highest BCUT2D eigenvalue weighted by Crippen LogP contribution is 2.24. The number of hydrogen-bond acceptors (Lipinski definition) is 6. The lowest BCUT2D eigenvalue weighted by molar-refractivity contribution is 0.379. The van der Waals surface area contributed by atoms with Crippen LogP contribution in [-0.4, -0.2) is 27.2 Å². The molecule has 1 N–H and O–H groups in total. The number of nitrogens with zero attached hydrogens (tertiary/aromatic N) is 3. The quantitative estimate of drug-likeness (QED) is 0.560. The fraction of sp³-hybridized carbons (Fsp3) is 0.769. The third-order valence-electron chi connectivity index (χ3n) is 3.07. The predicted molar refractivity (Wildman–Crippen MR) is 81.6 cm³/mol. The highest BCUT2D eigenvalue weighted by Gasteiger charge is 2.25. The molecule has 19 heavy (non-hydrogen) atoms. The van der Waals surface area contributed by atoms with Gasteiger partial charge >= 0.3 is 0 Å². The largest absolute Gasteiger partial charge is 0.300 e. The van der Waals surface area contributed by atoms with E-state index in [0.717, 1.165) is 48.1 Å². The average Bonchev–Trinajstić information content (AvgIpc) is 2.90. The van der Waals surface area contributed by atoms with Crippen LogP contribution in [0, 0.1) is 11.3 Å². The van der Waals surface area contributed by atoms with Gasteiger partial charge in [-0.1, -0.05) is 32.5 Å². The van der Waals surface area contributed by atoms with Crippen molar-refractivity contribution in [1.82, 2.24) is 14.7 Å². The first-order chi connectivity index (χ1) is 9.19. The molecular weight excluding hydrogens is 276 g/mol. The second kappa shape index (κ2) is 8.51. The zero-order valence-electron chi connectivity index (χ0n) is 11.9. The fourth-order valence-corrected chi connectivity index (χ4v) is 3.58. The molecule has 0 amide bonds. The number of nitriles is 1. The van der Waals surface area contributed by atoms with Crippen molar-refractivity contribution in [3.8, 4) is 6.07 Å². The average molecular weight is 298 g/mol. The standard InChI is InChI=1S/C13H22N4S2/c1-4-11-16-12(19-17-11)18-9-7-8-13(5-2,10-14)15-6-3/h15H,4-9H2,1-3H3. The molecule has 0 spiro atoms. The summed E-state index contributed by atoms with van der Waals surface area (Å²) in [6.07, 6.45) is 3.64. The van der Waals surface area contributed by atoms with Gasteiger partial charge in [-0.15, -0.1) is 0 Å². The van der Waals surface area contributed by atoms with Crippen LogP contribution in [0.4, 0.5) is 0 Å². The van der Waals surface area contributed by atoms with Crippen LogP contribution in [0.25, 0.3) is 0 Å². The zero-order chi connectivity index (χ0) is 14.1. The van der Waals surface area contributed by atoms with Crippen LogP contribution in [0.1, 0.15) is 45.9 Å². The normalized spacial score (nSPS) is 14.0. The smallest absolute Gasteiger partial charge is 0.170 e. The van der Waals surface area contributed by atoms with Crippen LogP contribution in [0.15, 0.2) is 4.34 Å². The van der Waals surface area contributed by atoms with Gasteiger partial charge in [-0.2, -0.15) is 9.64 Å². The maximum atomic E-state index is 9.32. The van der Waals surface area contributed by atoms with E-state index in [1.165, 1.54) is 11.5 Å². The van der Waals surface area contributed by atoms with E-state index in [4.69, 9.17) is 0 Å². The van der Waals surface area contributed by atoms with Gasteiger partial charge < -0.3 is 0 Å². The Morgan fingerprint density at radius 2 is 2.21 bits per heavy atom. The molecule has 0 radical (unpaired) electrons. The van der Waals surface area contributed by atoms with Crippen molar-refractivity contribution in [2.75, 3.05) is 12.3 Å². The maximum absolute atomic E-state index is 9.32. The van der Waals surface area contributed by atoms with Gasteiger partial charge in [-0.25, -0.2) is 4.98 Å². The Bertz CT molecular complexity index is 413. The van der Waals surface area contributed by atoms with Crippen LogP contribution in [0.2, 0.25) is 0 Å². The van der Waals surface area contributed by atoms with Gasteiger partial charge in [-0.05, 0) is 37.3 Å². The summed E-state index contributed by atoms with van der Waals surface area (Å²) in [6.45, 7) is 7.02. The second-order valence-corrected chi connectivity index (χ2v) is 6.45. The second-order valence-electron chi connectivity index (χ2n) is 4.36. The van der Waals surface area contributed by atoms with Gasteiger partial charge in [0.15, 0.2) is 4.34 Å². The molecule has 1 atom stereocenters. The molecular formula is C13H22N4S2. The first kappa shape index (κ1) is 16.4. The number of rotatable bonds is 9. The van der Waals surface area contributed by atoms with Gasteiger partial charge in [0.2, 0.25) is 0 Å². The lowest BCUT2D eigenvalue weighted by atomic mass is 9.92. The van der Waals surface area contributed by atoms with Crippen molar-refractivity contribution in [2.24, 2.45) is 0 Å². The molecule has 0 bridgehead atoms. The molecule has 1 heterocycles. The summed E-state index contributed by atoms with van der Waals surface area (Å²) in [5, 5.41) is 12.6. The first-order valence-corrected chi connectivity index (χ1v) is 8.57. The van der Waals surface area contributed by atoms with E-state index < -0.39 is 0 Å². The number of aryl methyl sites for hydroxylation is 1. The highest BCUT2D eigenvalue weighted by molar-refractivity contribution is 8.00. The SMILES string of the molecule is CCNC(C#N)(CC)CCCSc1nc(CC)ns1. The van der Waals surface area contributed by atoms with Gasteiger partial charge in [0.1, 0.15) is 11.4 Å². The number of hydrogen-bond donors (Lipinski definition) is 1. The van der Waals surface area contributed by atoms with E-state index in [-0.39, 0.29) is 5.54 Å². The molecule has 1 rings (SSSR count). The molecule has 0 saturated carbocycles. The molecule has 0 aliphatic rings. The molecule has 106 valence electrons. The van der Waals surface area contributed by atoms with Crippen molar-refractivity contribution in [1.29, 1.82) is 5.26 Å². The molecule has 0 aliphatic heterocycles. The minimum Gasteiger partial charge on any atom is -0.300 e. The Hall–Kier alpha value is -0.640. The summed E-state index contributed by atoms with van der Waals surface area (Å²) < 4.78 is 5.31. The third-order valence-corrected chi connectivity index (χ3v) is 5.03. The van der Waals surface area contributed by atoms with E-state index in [1.807, 2.05) is 6.92 Å². The van der Waals surface area contributed by atoms with E-state index in [0.29, 0.717) is 0 Å². The summed E-state index contributed by atoms with van der Waals surface area (Å²) in [5.74, 6) is 1.92. The number of aromatic nitrogens is 2. The van der Waals surface area contributed by atoms with Crippen LogP contribution in [0.3, 0.4) is 0 Å². The Morgan fingerprint density at radius 3 is 2.74 bits per heavy atom. The molecule has 0 aliphatic carbocycles. The van der Waals surface area contributed by atoms with Crippen molar-refractivity contribution >= 4 is 23.3 Å². The third kappa shape index (κ3) is 5.09. The van der Waals surface area contributed by atoms with Crippen LogP contribution in [-0.2, 0) is 6.42 Å². The monoisotopic (exact) mass is 298 g/mol. The van der Waals surface area contributed by atoms with Crippen molar-refractivity contribution in [3.63, 3.8) is 0 Å². The fourth-order valence-electron chi connectivity index (χ4n) is 1.88. The topological polar surface area (TPSA) is 61.6 Å². The zero-order valence-corrected chi connectivity index (χ0v) is 13.5. The Kier molecular flexibility index (Phi) is 7.36. The summed E-state index contributed by atoms with van der Waals surface area (Å²) in [4.78, 5) is 4.43. The van der Waals surface area contributed by atoms with Crippen molar-refractivity contribution in [3.05, 3.63) is 5.82 Å². The summed E-state index contributed by atoms with van der Waals surface area (Å²) in [5.41, 5.74) is -0.356. The van der Waals surface area contributed by atoms with Crippen LogP contribution < -0.4 is 5.32 Å². The van der Waals surface area contributed by atoms with Gasteiger partial charge in [0.25, 0.3) is 0 Å². The predicted octanol–water partition coefficient (Wildman–Crippen LogP) is 3.25. The lowest BCUT2D eigenvalue weighted by Gasteiger charge is -2.25. The van der Waals surface area contributed by atoms with Crippen LogP contribution in [0.5, 0.6) is 0 Å². The van der Waals surface area contributed by atoms with E-state index in [9.17, 15) is 5.26 Å². The molecule has 1 aromatic rings. The minimum absolute atomic E-state index is 0.356. The molecule has 0 aromatic carbocycles. The van der Waals surface area contributed by atoms with E-state index in [1.54, 1.807) is 11.8 Å². The van der Waals surface area contributed by atoms with Gasteiger partial charge in [-0.3, -0.25) is 5.32 Å². The van der Waals surface area contributed by atoms with Crippen LogP contribution >= 0.6 is 23.3 Å². The molecule has 6 heteroatoms. The molecule has 0 fully saturated rings. The Labute approximate surface area is 124 Å². The molecule has 0 saturated heterocycles. The highest BCUT2D eigenvalue weighted by atomic mass is 32.2. The molecule has 1 unspecified atom stereocenters. The van der Waals surface area contributed by atoms with E-state index in [2.05, 4.69) is 34.6 Å². The molecule has 1 aromatic heterocycles. The summed E-state index contributed by atoms with van der Waals surface area (Å²) in [7, 11) is 0. The maximum Gasteiger partial charge on any atom is 0.170 e. The van der Waals surface area contributed by atoms with Crippen molar-refractivity contribution < 1.29 is 0 Å². The first-order valence-electron chi connectivity index (χ1n) is 6.81. The summed E-state index contributed by atoms with van der Waals surface area (Å²) in [6, 6.07) is 2.43.